The van der Waals surface area contributed by atoms with Gasteiger partial charge in [0, 0.05) is 18.1 Å². The zero-order valence-corrected chi connectivity index (χ0v) is 13.5. The molecule has 2 fully saturated rings. The van der Waals surface area contributed by atoms with E-state index in [2.05, 4.69) is 38.0 Å². The first kappa shape index (κ1) is 15.3. The Balaban J connectivity index is 2.02. The molecule has 0 spiro atoms. The van der Waals surface area contributed by atoms with Gasteiger partial charge in [-0.3, -0.25) is 4.90 Å². The summed E-state index contributed by atoms with van der Waals surface area (Å²) in [5.74, 6) is 0. The fourth-order valence-electron chi connectivity index (χ4n) is 4.24. The second kappa shape index (κ2) is 6.58. The molecule has 0 heterocycles. The van der Waals surface area contributed by atoms with E-state index in [1.807, 2.05) is 0 Å². The van der Waals surface area contributed by atoms with E-state index < -0.39 is 0 Å². The molecule has 0 amide bonds. The maximum atomic E-state index is 3.75. The Hall–Kier alpha value is -0.0800. The first-order chi connectivity index (χ1) is 9.03. The maximum absolute atomic E-state index is 3.75. The minimum Gasteiger partial charge on any atom is -0.313 e. The highest BCUT2D eigenvalue weighted by Gasteiger charge is 2.38. The summed E-state index contributed by atoms with van der Waals surface area (Å²) in [6.45, 7) is 8.27. The third-order valence-corrected chi connectivity index (χ3v) is 5.50. The number of likely N-dealkylation sites (N-methyl/N-ethyl adjacent to an activating group) is 2. The summed E-state index contributed by atoms with van der Waals surface area (Å²) in [6, 6.07) is 2.30. The summed E-state index contributed by atoms with van der Waals surface area (Å²) in [6.07, 6.45) is 11.3. The van der Waals surface area contributed by atoms with Crippen LogP contribution in [0.1, 0.15) is 72.1 Å². The van der Waals surface area contributed by atoms with Crippen molar-refractivity contribution in [3.8, 4) is 0 Å². The smallest absolute Gasteiger partial charge is 0.0254 e. The summed E-state index contributed by atoms with van der Waals surface area (Å²) in [4.78, 5) is 2.74. The number of hydrogen-bond acceptors (Lipinski definition) is 2. The average molecular weight is 266 g/mol. The van der Waals surface area contributed by atoms with Gasteiger partial charge in [0.15, 0.2) is 0 Å². The first-order valence-electron chi connectivity index (χ1n) is 8.49. The van der Waals surface area contributed by atoms with Crippen LogP contribution < -0.4 is 5.32 Å². The van der Waals surface area contributed by atoms with Crippen LogP contribution in [0.5, 0.6) is 0 Å². The lowest BCUT2D eigenvalue weighted by Gasteiger charge is -2.48. The van der Waals surface area contributed by atoms with Gasteiger partial charge >= 0.3 is 0 Å². The molecule has 2 atom stereocenters. The molecular weight excluding hydrogens is 232 g/mol. The number of rotatable bonds is 4. The molecule has 0 aromatic carbocycles. The van der Waals surface area contributed by atoms with Crippen LogP contribution in [0.3, 0.4) is 0 Å². The Morgan fingerprint density at radius 2 is 1.79 bits per heavy atom. The van der Waals surface area contributed by atoms with Gasteiger partial charge in [-0.2, -0.15) is 0 Å². The Morgan fingerprint density at radius 3 is 2.42 bits per heavy atom. The zero-order valence-electron chi connectivity index (χ0n) is 13.5. The van der Waals surface area contributed by atoms with Gasteiger partial charge in [-0.1, -0.05) is 40.0 Å². The van der Waals surface area contributed by atoms with Crippen LogP contribution in [0, 0.1) is 5.41 Å². The molecule has 2 heteroatoms. The van der Waals surface area contributed by atoms with E-state index in [1.54, 1.807) is 0 Å². The van der Waals surface area contributed by atoms with Gasteiger partial charge < -0.3 is 5.32 Å². The van der Waals surface area contributed by atoms with Gasteiger partial charge in [0.05, 0.1) is 0 Å². The fraction of sp³-hybridized carbons (Fsp3) is 1.00. The minimum atomic E-state index is 0.527. The Morgan fingerprint density at radius 1 is 1.11 bits per heavy atom. The van der Waals surface area contributed by atoms with Crippen LogP contribution >= 0.6 is 0 Å². The molecule has 0 aromatic heterocycles. The van der Waals surface area contributed by atoms with Gasteiger partial charge in [0.2, 0.25) is 0 Å². The largest absolute Gasteiger partial charge is 0.313 e. The van der Waals surface area contributed by atoms with Crippen molar-refractivity contribution >= 4 is 0 Å². The monoisotopic (exact) mass is 266 g/mol. The predicted molar refractivity (Wildman–Crippen MR) is 83.5 cm³/mol. The van der Waals surface area contributed by atoms with Crippen molar-refractivity contribution in [2.45, 2.75) is 90.3 Å². The molecule has 2 rings (SSSR count). The molecule has 112 valence electrons. The predicted octanol–water partition coefficient (Wildman–Crippen LogP) is 3.81. The van der Waals surface area contributed by atoms with E-state index in [-0.39, 0.29) is 0 Å². The third-order valence-electron chi connectivity index (χ3n) is 5.50. The molecule has 1 N–H and O–H groups in total. The topological polar surface area (TPSA) is 15.3 Å². The van der Waals surface area contributed by atoms with E-state index in [1.165, 1.54) is 51.4 Å². The molecule has 2 aliphatic carbocycles. The molecule has 0 aromatic rings. The molecule has 0 aliphatic heterocycles. The van der Waals surface area contributed by atoms with Crippen molar-refractivity contribution in [3.05, 3.63) is 0 Å². The Bertz CT molecular complexity index is 268. The minimum absolute atomic E-state index is 0.527. The van der Waals surface area contributed by atoms with Crippen molar-refractivity contribution in [2.75, 3.05) is 13.6 Å². The number of nitrogens with one attached hydrogen (secondary N) is 1. The normalized spacial score (nSPS) is 32.7. The quantitative estimate of drug-likeness (QED) is 0.832. The molecule has 2 nitrogen and oxygen atoms in total. The lowest BCUT2D eigenvalue weighted by atomic mass is 9.72. The summed E-state index contributed by atoms with van der Waals surface area (Å²) in [7, 11) is 2.40. The lowest BCUT2D eigenvalue weighted by molar-refractivity contribution is 0.0435. The van der Waals surface area contributed by atoms with Gasteiger partial charge in [0.1, 0.15) is 0 Å². The van der Waals surface area contributed by atoms with Crippen LogP contribution in [0.25, 0.3) is 0 Å². The van der Waals surface area contributed by atoms with Crippen molar-refractivity contribution < 1.29 is 0 Å². The number of nitrogens with zero attached hydrogens (tertiary/aromatic N) is 1. The zero-order chi connectivity index (χ0) is 13.9. The Kier molecular flexibility index (Phi) is 5.30. The van der Waals surface area contributed by atoms with Gasteiger partial charge in [-0.05, 0) is 51.1 Å². The summed E-state index contributed by atoms with van der Waals surface area (Å²) >= 11 is 0. The van der Waals surface area contributed by atoms with E-state index >= 15 is 0 Å². The first-order valence-corrected chi connectivity index (χ1v) is 8.49. The van der Waals surface area contributed by atoms with E-state index in [0.29, 0.717) is 11.5 Å². The molecule has 0 radical (unpaired) electrons. The van der Waals surface area contributed by atoms with Crippen LogP contribution in [0.15, 0.2) is 0 Å². The number of hydrogen-bond donors (Lipinski definition) is 1. The van der Waals surface area contributed by atoms with Crippen LogP contribution in [0.4, 0.5) is 0 Å². The van der Waals surface area contributed by atoms with Crippen molar-refractivity contribution in [1.82, 2.24) is 10.2 Å². The molecule has 0 saturated heterocycles. The SMILES string of the molecule is CCNC1CCC(C)(C)CC1N(C)C1CCCCC1. The summed E-state index contributed by atoms with van der Waals surface area (Å²) in [5, 5.41) is 3.75. The summed E-state index contributed by atoms with van der Waals surface area (Å²) < 4.78 is 0. The molecule has 0 bridgehead atoms. The third kappa shape index (κ3) is 3.95. The van der Waals surface area contributed by atoms with Crippen molar-refractivity contribution in [2.24, 2.45) is 5.41 Å². The van der Waals surface area contributed by atoms with Crippen molar-refractivity contribution in [3.63, 3.8) is 0 Å². The van der Waals surface area contributed by atoms with E-state index in [9.17, 15) is 0 Å². The molecule has 19 heavy (non-hydrogen) atoms. The van der Waals surface area contributed by atoms with Crippen molar-refractivity contribution in [1.29, 1.82) is 0 Å². The van der Waals surface area contributed by atoms with Gasteiger partial charge in [-0.25, -0.2) is 0 Å². The van der Waals surface area contributed by atoms with Crippen LogP contribution in [-0.2, 0) is 0 Å². The maximum Gasteiger partial charge on any atom is 0.0254 e. The van der Waals surface area contributed by atoms with E-state index in [4.69, 9.17) is 0 Å². The van der Waals surface area contributed by atoms with Crippen LogP contribution in [-0.4, -0.2) is 36.6 Å². The standard InChI is InChI=1S/C17H34N2/c1-5-18-15-11-12-17(2,3)13-16(15)19(4)14-9-7-6-8-10-14/h14-16,18H,5-13H2,1-4H3. The second-order valence-electron chi connectivity index (χ2n) is 7.60. The molecule has 2 unspecified atom stereocenters. The van der Waals surface area contributed by atoms with Crippen LogP contribution in [0.2, 0.25) is 0 Å². The van der Waals surface area contributed by atoms with Gasteiger partial charge in [0.25, 0.3) is 0 Å². The average Bonchev–Trinajstić information content (AvgIpc) is 2.41. The lowest BCUT2D eigenvalue weighted by Crippen LogP contribution is -2.56. The second-order valence-corrected chi connectivity index (χ2v) is 7.60. The molecular formula is C17H34N2. The van der Waals surface area contributed by atoms with E-state index in [0.717, 1.165) is 18.6 Å². The van der Waals surface area contributed by atoms with Gasteiger partial charge in [-0.15, -0.1) is 0 Å². The Labute approximate surface area is 120 Å². The fourth-order valence-corrected chi connectivity index (χ4v) is 4.24. The highest BCUT2D eigenvalue weighted by molar-refractivity contribution is 4.95. The highest BCUT2D eigenvalue weighted by atomic mass is 15.2. The molecule has 2 saturated carbocycles. The molecule has 2 aliphatic rings. The summed E-state index contributed by atoms with van der Waals surface area (Å²) in [5.41, 5.74) is 0.527. The highest BCUT2D eigenvalue weighted by Crippen LogP contribution is 2.38.